The van der Waals surface area contributed by atoms with E-state index in [-0.39, 0.29) is 17.1 Å². The molecule has 1 rings (SSSR count). The van der Waals surface area contributed by atoms with Crippen LogP contribution in [0.1, 0.15) is 22.8 Å². The minimum Gasteiger partial charge on any atom is -0.505 e. The lowest BCUT2D eigenvalue weighted by Crippen LogP contribution is -1.93. The van der Waals surface area contributed by atoms with Gasteiger partial charge in [0.25, 0.3) is 0 Å². The number of carbonyl (C=O) groups excluding carboxylic acids is 1. The van der Waals surface area contributed by atoms with Gasteiger partial charge < -0.3 is 5.11 Å². The van der Waals surface area contributed by atoms with Crippen LogP contribution in [0, 0.1) is 11.3 Å². The summed E-state index contributed by atoms with van der Waals surface area (Å²) < 4.78 is 0.358. The van der Waals surface area contributed by atoms with Gasteiger partial charge in [-0.25, -0.2) is 0 Å². The topological polar surface area (TPSA) is 61.1 Å². The van der Waals surface area contributed by atoms with E-state index in [1.165, 1.54) is 19.1 Å². The molecule has 1 aromatic rings. The molecule has 0 saturated heterocycles. The predicted molar refractivity (Wildman–Crippen MR) is 50.5 cm³/mol. The zero-order chi connectivity index (χ0) is 10.0. The lowest BCUT2D eigenvalue weighted by atomic mass is 10.1. The Balaban J connectivity index is 3.41. The molecule has 0 aliphatic carbocycles. The molecule has 0 fully saturated rings. The second kappa shape index (κ2) is 3.58. The SMILES string of the molecule is CC(=O)c1cc(Br)c(O)c(C#N)c1. The second-order valence-corrected chi connectivity index (χ2v) is 3.38. The summed E-state index contributed by atoms with van der Waals surface area (Å²) >= 11 is 3.05. The number of phenolic OH excluding ortho intramolecular Hbond substituents is 1. The number of halogens is 1. The fourth-order valence-corrected chi connectivity index (χ4v) is 1.35. The number of Topliss-reactive ketones (excluding diaryl/α,β-unsaturated/α-hetero) is 1. The fourth-order valence-electron chi connectivity index (χ4n) is 0.888. The molecule has 66 valence electrons. The van der Waals surface area contributed by atoms with Crippen LogP contribution in [-0.4, -0.2) is 10.9 Å². The largest absolute Gasteiger partial charge is 0.505 e. The van der Waals surface area contributed by atoms with Gasteiger partial charge in [0, 0.05) is 5.56 Å². The summed E-state index contributed by atoms with van der Waals surface area (Å²) in [5.74, 6) is -0.273. The third-order valence-corrected chi connectivity index (χ3v) is 2.19. The standard InChI is InChI=1S/C9H6BrNO2/c1-5(12)6-2-7(4-11)9(13)8(10)3-6/h2-3,13H,1H3. The number of nitrogens with zero attached hydrogens (tertiary/aromatic N) is 1. The zero-order valence-corrected chi connectivity index (χ0v) is 8.42. The molecular weight excluding hydrogens is 234 g/mol. The minimum absolute atomic E-state index is 0.0968. The molecule has 1 N–H and O–H groups in total. The van der Waals surface area contributed by atoms with E-state index >= 15 is 0 Å². The van der Waals surface area contributed by atoms with Gasteiger partial charge in [0.05, 0.1) is 10.0 Å². The molecule has 0 unspecified atom stereocenters. The monoisotopic (exact) mass is 239 g/mol. The summed E-state index contributed by atoms with van der Waals surface area (Å²) in [5.41, 5.74) is 0.501. The van der Waals surface area contributed by atoms with Crippen molar-refractivity contribution in [1.82, 2.24) is 0 Å². The van der Waals surface area contributed by atoms with Gasteiger partial charge in [-0.2, -0.15) is 5.26 Å². The number of rotatable bonds is 1. The number of hydrogen-bond donors (Lipinski definition) is 1. The molecule has 0 amide bonds. The first-order valence-electron chi connectivity index (χ1n) is 3.50. The molecule has 0 bridgehead atoms. The molecule has 0 aromatic heterocycles. The highest BCUT2D eigenvalue weighted by Crippen LogP contribution is 2.28. The van der Waals surface area contributed by atoms with Gasteiger partial charge in [0.15, 0.2) is 5.78 Å². The van der Waals surface area contributed by atoms with Crippen molar-refractivity contribution < 1.29 is 9.90 Å². The van der Waals surface area contributed by atoms with Gasteiger partial charge in [-0.1, -0.05) is 0 Å². The summed E-state index contributed by atoms with van der Waals surface area (Å²) in [6, 6.07) is 4.65. The minimum atomic E-state index is -0.141. The third kappa shape index (κ3) is 1.87. The van der Waals surface area contributed by atoms with Crippen LogP contribution in [0.4, 0.5) is 0 Å². The molecular formula is C9H6BrNO2. The normalized spacial score (nSPS) is 9.31. The van der Waals surface area contributed by atoms with E-state index in [0.29, 0.717) is 10.0 Å². The molecule has 0 atom stereocenters. The quantitative estimate of drug-likeness (QED) is 0.765. The second-order valence-electron chi connectivity index (χ2n) is 2.52. The molecule has 0 aliphatic heterocycles. The zero-order valence-electron chi connectivity index (χ0n) is 6.84. The summed E-state index contributed by atoms with van der Waals surface area (Å²) in [4.78, 5) is 11.0. The molecule has 0 aliphatic rings. The molecule has 0 saturated carbocycles. The van der Waals surface area contributed by atoms with E-state index in [1.54, 1.807) is 6.07 Å². The van der Waals surface area contributed by atoms with Crippen molar-refractivity contribution in [3.63, 3.8) is 0 Å². The maximum atomic E-state index is 11.0. The van der Waals surface area contributed by atoms with Crippen LogP contribution >= 0.6 is 15.9 Å². The average Bonchev–Trinajstić information content (AvgIpc) is 2.09. The fraction of sp³-hybridized carbons (Fsp3) is 0.111. The van der Waals surface area contributed by atoms with Crippen LogP contribution < -0.4 is 0 Å². The average molecular weight is 240 g/mol. The van der Waals surface area contributed by atoms with Crippen LogP contribution in [0.25, 0.3) is 0 Å². The smallest absolute Gasteiger partial charge is 0.159 e. The molecule has 0 heterocycles. The van der Waals surface area contributed by atoms with Crippen LogP contribution in [0.3, 0.4) is 0 Å². The van der Waals surface area contributed by atoms with Gasteiger partial charge in [-0.05, 0) is 35.0 Å². The number of benzene rings is 1. The molecule has 3 nitrogen and oxygen atoms in total. The van der Waals surface area contributed by atoms with E-state index in [0.717, 1.165) is 0 Å². The number of aromatic hydroxyl groups is 1. The molecule has 4 heteroatoms. The van der Waals surface area contributed by atoms with Crippen molar-refractivity contribution in [3.8, 4) is 11.8 Å². The summed E-state index contributed by atoms with van der Waals surface area (Å²) in [6.07, 6.45) is 0. The molecule has 0 radical (unpaired) electrons. The Morgan fingerprint density at radius 3 is 2.69 bits per heavy atom. The Morgan fingerprint density at radius 1 is 1.62 bits per heavy atom. The maximum Gasteiger partial charge on any atom is 0.159 e. The van der Waals surface area contributed by atoms with Crippen molar-refractivity contribution in [2.45, 2.75) is 6.92 Å². The van der Waals surface area contributed by atoms with Gasteiger partial charge in [-0.3, -0.25) is 4.79 Å². The van der Waals surface area contributed by atoms with Gasteiger partial charge in [0.2, 0.25) is 0 Å². The molecule has 1 aromatic carbocycles. The van der Waals surface area contributed by atoms with Crippen molar-refractivity contribution >= 4 is 21.7 Å². The highest BCUT2D eigenvalue weighted by Gasteiger charge is 2.09. The van der Waals surface area contributed by atoms with Crippen LogP contribution in [0.15, 0.2) is 16.6 Å². The van der Waals surface area contributed by atoms with Gasteiger partial charge >= 0.3 is 0 Å². The van der Waals surface area contributed by atoms with E-state index in [4.69, 9.17) is 5.26 Å². The highest BCUT2D eigenvalue weighted by atomic mass is 79.9. The van der Waals surface area contributed by atoms with Crippen molar-refractivity contribution in [2.75, 3.05) is 0 Å². The van der Waals surface area contributed by atoms with Crippen molar-refractivity contribution in [3.05, 3.63) is 27.7 Å². The van der Waals surface area contributed by atoms with E-state index in [9.17, 15) is 9.90 Å². The summed E-state index contributed by atoms with van der Waals surface area (Å²) in [7, 11) is 0. The maximum absolute atomic E-state index is 11.0. The number of ketones is 1. The Hall–Kier alpha value is -1.34. The summed E-state index contributed by atoms with van der Waals surface area (Å²) in [5, 5.41) is 17.9. The molecule has 13 heavy (non-hydrogen) atoms. The lowest BCUT2D eigenvalue weighted by Gasteiger charge is -2.01. The van der Waals surface area contributed by atoms with E-state index in [2.05, 4.69) is 15.9 Å². The number of hydrogen-bond acceptors (Lipinski definition) is 3. The Kier molecular flexibility index (Phi) is 2.69. The Morgan fingerprint density at radius 2 is 2.23 bits per heavy atom. The van der Waals surface area contributed by atoms with Crippen molar-refractivity contribution in [1.29, 1.82) is 5.26 Å². The summed E-state index contributed by atoms with van der Waals surface area (Å²) in [6.45, 7) is 1.40. The molecule has 0 spiro atoms. The Labute approximate surface area is 83.7 Å². The first-order chi connectivity index (χ1) is 6.06. The van der Waals surface area contributed by atoms with Crippen LogP contribution in [0.5, 0.6) is 5.75 Å². The van der Waals surface area contributed by atoms with Crippen molar-refractivity contribution in [2.24, 2.45) is 0 Å². The predicted octanol–water partition coefficient (Wildman–Crippen LogP) is 2.23. The highest BCUT2D eigenvalue weighted by molar-refractivity contribution is 9.10. The van der Waals surface area contributed by atoms with Crippen LogP contribution in [-0.2, 0) is 0 Å². The van der Waals surface area contributed by atoms with E-state index in [1.807, 2.05) is 0 Å². The number of phenols is 1. The van der Waals surface area contributed by atoms with Gasteiger partial charge in [-0.15, -0.1) is 0 Å². The number of carbonyl (C=O) groups is 1. The first kappa shape index (κ1) is 9.75. The van der Waals surface area contributed by atoms with Gasteiger partial charge in [0.1, 0.15) is 11.8 Å². The Bertz CT molecular complexity index is 407. The number of nitriles is 1. The van der Waals surface area contributed by atoms with Crippen LogP contribution in [0.2, 0.25) is 0 Å². The van der Waals surface area contributed by atoms with E-state index < -0.39 is 0 Å². The first-order valence-corrected chi connectivity index (χ1v) is 4.29. The third-order valence-electron chi connectivity index (χ3n) is 1.59. The lowest BCUT2D eigenvalue weighted by molar-refractivity contribution is 0.101.